The van der Waals surface area contributed by atoms with Crippen molar-refractivity contribution >= 4 is 0 Å². The van der Waals surface area contributed by atoms with Gasteiger partial charge in [-0.15, -0.1) is 6.58 Å². The normalized spacial score (nSPS) is 12.8. The summed E-state index contributed by atoms with van der Waals surface area (Å²) in [5.41, 5.74) is 7.80. The lowest BCUT2D eigenvalue weighted by atomic mass is 10.0. The van der Waals surface area contributed by atoms with Gasteiger partial charge < -0.3 is 5.73 Å². The smallest absolute Gasteiger partial charge is 0.0285 e. The third-order valence-corrected chi connectivity index (χ3v) is 1.20. The summed E-state index contributed by atoms with van der Waals surface area (Å²) in [4.78, 5) is 0. The van der Waals surface area contributed by atoms with Gasteiger partial charge in [-0.05, 0) is 20.3 Å². The largest absolute Gasteiger partial charge is 0.324 e. The van der Waals surface area contributed by atoms with E-state index in [1.165, 1.54) is 0 Å². The zero-order valence-electron chi connectivity index (χ0n) is 6.28. The Morgan fingerprint density at radius 1 is 1.44 bits per heavy atom. The topological polar surface area (TPSA) is 26.0 Å². The molecule has 0 aliphatic heterocycles. The second kappa shape index (κ2) is 3.46. The molecule has 1 heteroatoms. The van der Waals surface area contributed by atoms with Crippen LogP contribution >= 0.6 is 0 Å². The van der Waals surface area contributed by atoms with E-state index < -0.39 is 0 Å². The molecule has 0 fully saturated rings. The molecule has 0 aliphatic carbocycles. The van der Waals surface area contributed by atoms with Crippen LogP contribution in [-0.2, 0) is 0 Å². The van der Waals surface area contributed by atoms with Crippen molar-refractivity contribution in [1.82, 2.24) is 0 Å². The Bertz CT molecular complexity index is 125. The molecule has 52 valence electrons. The average molecular weight is 125 g/mol. The van der Waals surface area contributed by atoms with E-state index in [4.69, 9.17) is 5.73 Å². The Kier molecular flexibility index (Phi) is 3.25. The summed E-state index contributed by atoms with van der Waals surface area (Å²) in [6.45, 7) is 11.4. The zero-order valence-corrected chi connectivity index (χ0v) is 6.28. The van der Waals surface area contributed by atoms with E-state index in [0.717, 1.165) is 17.6 Å². The maximum Gasteiger partial charge on any atom is 0.0285 e. The maximum absolute atomic E-state index is 5.66. The summed E-state index contributed by atoms with van der Waals surface area (Å²) in [6.07, 6.45) is 0.856. The van der Waals surface area contributed by atoms with Gasteiger partial charge in [-0.25, -0.2) is 0 Å². The van der Waals surface area contributed by atoms with Crippen molar-refractivity contribution in [2.75, 3.05) is 0 Å². The molecule has 0 aliphatic rings. The van der Waals surface area contributed by atoms with Crippen LogP contribution in [0.5, 0.6) is 0 Å². The lowest BCUT2D eigenvalue weighted by molar-refractivity contribution is 0.761. The van der Waals surface area contributed by atoms with Gasteiger partial charge in [-0.3, -0.25) is 0 Å². The van der Waals surface area contributed by atoms with Crippen LogP contribution in [0.25, 0.3) is 0 Å². The van der Waals surface area contributed by atoms with E-state index in [9.17, 15) is 0 Å². The van der Waals surface area contributed by atoms with Crippen LogP contribution in [0.4, 0.5) is 0 Å². The molecular weight excluding hydrogens is 110 g/mol. The zero-order chi connectivity index (χ0) is 7.44. The Hall–Kier alpha value is -0.560. The molecule has 0 unspecified atom stereocenters. The molecular formula is C8H15N. The number of hydrogen-bond acceptors (Lipinski definition) is 1. The first-order valence-corrected chi connectivity index (χ1v) is 3.09. The molecule has 0 bridgehead atoms. The summed E-state index contributed by atoms with van der Waals surface area (Å²) in [7, 11) is 0. The molecule has 1 atom stereocenters. The second-order valence-corrected chi connectivity index (χ2v) is 2.61. The SMILES string of the molecule is C=C(C)C[C@H](N)C(=C)C. The van der Waals surface area contributed by atoms with E-state index in [-0.39, 0.29) is 6.04 Å². The predicted molar refractivity (Wildman–Crippen MR) is 42.2 cm³/mol. The highest BCUT2D eigenvalue weighted by molar-refractivity contribution is 5.06. The van der Waals surface area contributed by atoms with Crippen LogP contribution < -0.4 is 5.73 Å². The fourth-order valence-corrected chi connectivity index (χ4v) is 0.550. The van der Waals surface area contributed by atoms with Crippen LogP contribution in [0.15, 0.2) is 24.3 Å². The third kappa shape index (κ3) is 3.98. The average Bonchev–Trinajstić information content (AvgIpc) is 1.63. The Labute approximate surface area is 57.3 Å². The molecule has 0 aromatic heterocycles. The van der Waals surface area contributed by atoms with Gasteiger partial charge in [0.15, 0.2) is 0 Å². The van der Waals surface area contributed by atoms with Gasteiger partial charge in [0.05, 0.1) is 0 Å². The highest BCUT2D eigenvalue weighted by Crippen LogP contribution is 2.05. The van der Waals surface area contributed by atoms with Gasteiger partial charge in [0.1, 0.15) is 0 Å². The molecule has 0 rings (SSSR count). The van der Waals surface area contributed by atoms with Crippen LogP contribution in [0.2, 0.25) is 0 Å². The first kappa shape index (κ1) is 8.44. The minimum absolute atomic E-state index is 0.0995. The van der Waals surface area contributed by atoms with E-state index in [0.29, 0.717) is 0 Å². The molecule has 2 N–H and O–H groups in total. The monoisotopic (exact) mass is 125 g/mol. The van der Waals surface area contributed by atoms with E-state index in [2.05, 4.69) is 13.2 Å². The quantitative estimate of drug-likeness (QED) is 0.572. The minimum atomic E-state index is 0.0995. The molecule has 0 aromatic rings. The Balaban J connectivity index is 3.63. The first-order valence-electron chi connectivity index (χ1n) is 3.09. The van der Waals surface area contributed by atoms with Crippen LogP contribution in [0, 0.1) is 0 Å². The van der Waals surface area contributed by atoms with Crippen molar-refractivity contribution in [2.24, 2.45) is 5.73 Å². The number of nitrogens with two attached hydrogens (primary N) is 1. The molecule has 0 aromatic carbocycles. The summed E-state index contributed by atoms with van der Waals surface area (Å²) in [5.74, 6) is 0. The first-order chi connectivity index (χ1) is 4.04. The third-order valence-electron chi connectivity index (χ3n) is 1.20. The fourth-order valence-electron chi connectivity index (χ4n) is 0.550. The van der Waals surface area contributed by atoms with Crippen molar-refractivity contribution in [3.8, 4) is 0 Å². The van der Waals surface area contributed by atoms with Gasteiger partial charge in [0.25, 0.3) is 0 Å². The second-order valence-electron chi connectivity index (χ2n) is 2.61. The van der Waals surface area contributed by atoms with Gasteiger partial charge in [0.2, 0.25) is 0 Å². The molecule has 9 heavy (non-hydrogen) atoms. The van der Waals surface area contributed by atoms with Crippen LogP contribution in [-0.4, -0.2) is 6.04 Å². The van der Waals surface area contributed by atoms with Crippen molar-refractivity contribution in [3.63, 3.8) is 0 Å². The molecule has 1 nitrogen and oxygen atoms in total. The minimum Gasteiger partial charge on any atom is -0.324 e. The summed E-state index contributed by atoms with van der Waals surface area (Å²) >= 11 is 0. The van der Waals surface area contributed by atoms with Gasteiger partial charge >= 0.3 is 0 Å². The molecule has 0 heterocycles. The van der Waals surface area contributed by atoms with Gasteiger partial charge in [-0.2, -0.15) is 0 Å². The molecule has 0 saturated carbocycles. The van der Waals surface area contributed by atoms with Gasteiger partial charge in [-0.1, -0.05) is 17.7 Å². The fraction of sp³-hybridized carbons (Fsp3) is 0.500. The van der Waals surface area contributed by atoms with Crippen molar-refractivity contribution in [1.29, 1.82) is 0 Å². The molecule has 0 saturated heterocycles. The highest BCUT2D eigenvalue weighted by Gasteiger charge is 2.00. The Morgan fingerprint density at radius 3 is 2.00 bits per heavy atom. The van der Waals surface area contributed by atoms with E-state index in [1.807, 2.05) is 13.8 Å². The molecule has 0 radical (unpaired) electrons. The number of rotatable bonds is 3. The molecule has 0 amide bonds. The maximum atomic E-state index is 5.66. The predicted octanol–water partition coefficient (Wildman–Crippen LogP) is 1.86. The van der Waals surface area contributed by atoms with E-state index >= 15 is 0 Å². The number of hydrogen-bond donors (Lipinski definition) is 1. The lowest BCUT2D eigenvalue weighted by Crippen LogP contribution is -2.20. The van der Waals surface area contributed by atoms with Crippen molar-refractivity contribution in [3.05, 3.63) is 24.3 Å². The highest BCUT2D eigenvalue weighted by atomic mass is 14.6. The lowest BCUT2D eigenvalue weighted by Gasteiger charge is -2.09. The summed E-state index contributed by atoms with van der Waals surface area (Å²) < 4.78 is 0. The Morgan fingerprint density at radius 2 is 1.89 bits per heavy atom. The van der Waals surface area contributed by atoms with E-state index in [1.54, 1.807) is 0 Å². The van der Waals surface area contributed by atoms with Crippen molar-refractivity contribution in [2.45, 2.75) is 26.3 Å². The van der Waals surface area contributed by atoms with Crippen LogP contribution in [0.3, 0.4) is 0 Å². The molecule has 0 spiro atoms. The van der Waals surface area contributed by atoms with Crippen molar-refractivity contribution < 1.29 is 0 Å². The summed E-state index contributed by atoms with van der Waals surface area (Å²) in [5, 5.41) is 0. The van der Waals surface area contributed by atoms with Crippen LogP contribution in [0.1, 0.15) is 20.3 Å². The van der Waals surface area contributed by atoms with Gasteiger partial charge in [0, 0.05) is 6.04 Å². The standard InChI is InChI=1S/C8H15N/c1-6(2)5-8(9)7(3)4/h8H,1,3,5,9H2,2,4H3/t8-/m0/s1. The summed E-state index contributed by atoms with van der Waals surface area (Å²) in [6, 6.07) is 0.0995.